The van der Waals surface area contributed by atoms with Crippen LogP contribution in [0.15, 0.2) is 48.5 Å². The van der Waals surface area contributed by atoms with Crippen molar-refractivity contribution >= 4 is 16.9 Å². The van der Waals surface area contributed by atoms with E-state index in [1.807, 2.05) is 48.2 Å². The molecule has 1 aromatic heterocycles. The predicted octanol–water partition coefficient (Wildman–Crippen LogP) is 2.76. The van der Waals surface area contributed by atoms with Crippen molar-refractivity contribution in [1.82, 2.24) is 14.9 Å². The van der Waals surface area contributed by atoms with Crippen LogP contribution in [0.5, 0.6) is 0 Å². The summed E-state index contributed by atoms with van der Waals surface area (Å²) in [4.78, 5) is 22.5. The third kappa shape index (κ3) is 3.22. The van der Waals surface area contributed by atoms with Crippen LogP contribution >= 0.6 is 0 Å². The zero-order valence-corrected chi connectivity index (χ0v) is 15.0. The highest BCUT2D eigenvalue weighted by molar-refractivity contribution is 5.79. The number of H-pyrrole nitrogens is 1. The van der Waals surface area contributed by atoms with Crippen LogP contribution in [0.2, 0.25) is 0 Å². The Balaban J connectivity index is 1.40. The standard InChI is InChI=1S/C21H24N4O/c1-14-6-5-9-18-21(14)24-19(23-18)10-11-20(26)25-12-16(17(22)13-25)15-7-3-2-4-8-15/h2-9,16-17H,10-13,22H2,1H3,(H,23,24)/t16-,17+/m0/s1. The lowest BCUT2D eigenvalue weighted by Crippen LogP contribution is -2.32. The number of nitrogens with two attached hydrogens (primary N) is 1. The number of nitrogens with zero attached hydrogens (tertiary/aromatic N) is 2. The van der Waals surface area contributed by atoms with Gasteiger partial charge in [0.2, 0.25) is 5.91 Å². The van der Waals surface area contributed by atoms with Crippen LogP contribution in [0.3, 0.4) is 0 Å². The Bertz CT molecular complexity index is 918. The number of aromatic amines is 1. The number of nitrogens with one attached hydrogen (secondary N) is 1. The molecule has 0 unspecified atom stereocenters. The Morgan fingerprint density at radius 1 is 1.19 bits per heavy atom. The summed E-state index contributed by atoms with van der Waals surface area (Å²) >= 11 is 0. The van der Waals surface area contributed by atoms with Crippen LogP contribution in [-0.4, -0.2) is 39.9 Å². The predicted molar refractivity (Wildman–Crippen MR) is 103 cm³/mol. The number of aryl methyl sites for hydroxylation is 2. The molecule has 1 saturated heterocycles. The van der Waals surface area contributed by atoms with Gasteiger partial charge in [0.05, 0.1) is 11.0 Å². The first-order valence-corrected chi connectivity index (χ1v) is 9.14. The molecule has 1 aliphatic rings. The van der Waals surface area contributed by atoms with Crippen LogP contribution in [0.4, 0.5) is 0 Å². The van der Waals surface area contributed by atoms with Gasteiger partial charge in [0, 0.05) is 37.9 Å². The van der Waals surface area contributed by atoms with E-state index in [4.69, 9.17) is 5.73 Å². The molecule has 3 aromatic rings. The number of imidazole rings is 1. The van der Waals surface area contributed by atoms with Crippen LogP contribution < -0.4 is 5.73 Å². The number of amides is 1. The number of likely N-dealkylation sites (tertiary alicyclic amines) is 1. The Labute approximate surface area is 153 Å². The summed E-state index contributed by atoms with van der Waals surface area (Å²) < 4.78 is 0. The number of aromatic nitrogens is 2. The highest BCUT2D eigenvalue weighted by atomic mass is 16.2. The summed E-state index contributed by atoms with van der Waals surface area (Å²) in [5, 5.41) is 0. The van der Waals surface area contributed by atoms with Crippen molar-refractivity contribution in [3.05, 3.63) is 65.5 Å². The number of hydrogen-bond donors (Lipinski definition) is 2. The van der Waals surface area contributed by atoms with E-state index in [0.29, 0.717) is 25.9 Å². The summed E-state index contributed by atoms with van der Waals surface area (Å²) in [6, 6.07) is 16.3. The van der Waals surface area contributed by atoms with Crippen molar-refractivity contribution < 1.29 is 4.79 Å². The van der Waals surface area contributed by atoms with Gasteiger partial charge >= 0.3 is 0 Å². The van der Waals surface area contributed by atoms with Crippen LogP contribution in [0.1, 0.15) is 29.3 Å². The maximum absolute atomic E-state index is 12.7. The third-order valence-electron chi connectivity index (χ3n) is 5.28. The van der Waals surface area contributed by atoms with Gasteiger partial charge in [-0.2, -0.15) is 0 Å². The molecule has 2 aromatic carbocycles. The second kappa shape index (κ2) is 6.92. The average molecular weight is 348 g/mol. The van der Waals surface area contributed by atoms with Gasteiger partial charge in [0.25, 0.3) is 0 Å². The van der Waals surface area contributed by atoms with Gasteiger partial charge in [0.15, 0.2) is 0 Å². The average Bonchev–Trinajstić information content (AvgIpc) is 3.25. The van der Waals surface area contributed by atoms with E-state index in [1.54, 1.807) is 0 Å². The van der Waals surface area contributed by atoms with E-state index in [0.717, 1.165) is 22.4 Å². The molecule has 3 N–H and O–H groups in total. The van der Waals surface area contributed by atoms with Crippen LogP contribution in [0.25, 0.3) is 11.0 Å². The normalized spacial score (nSPS) is 20.0. The molecular weight excluding hydrogens is 324 g/mol. The number of fused-ring (bicyclic) bond motifs is 1. The summed E-state index contributed by atoms with van der Waals surface area (Å²) in [6.45, 7) is 3.37. The molecule has 0 spiro atoms. The van der Waals surface area contributed by atoms with E-state index < -0.39 is 0 Å². The summed E-state index contributed by atoms with van der Waals surface area (Å²) in [5.74, 6) is 1.23. The first-order chi connectivity index (χ1) is 12.6. The third-order valence-corrected chi connectivity index (χ3v) is 5.28. The van der Waals surface area contributed by atoms with Gasteiger partial charge in [-0.3, -0.25) is 4.79 Å². The van der Waals surface area contributed by atoms with E-state index in [1.165, 1.54) is 5.56 Å². The Morgan fingerprint density at radius 2 is 2.00 bits per heavy atom. The van der Waals surface area contributed by atoms with Gasteiger partial charge < -0.3 is 15.6 Å². The van der Waals surface area contributed by atoms with E-state index >= 15 is 0 Å². The molecule has 26 heavy (non-hydrogen) atoms. The second-order valence-corrected chi connectivity index (χ2v) is 7.13. The Morgan fingerprint density at radius 3 is 2.77 bits per heavy atom. The maximum atomic E-state index is 12.7. The smallest absolute Gasteiger partial charge is 0.223 e. The molecule has 2 heterocycles. The molecule has 0 radical (unpaired) electrons. The lowest BCUT2D eigenvalue weighted by atomic mass is 9.95. The fraction of sp³-hybridized carbons (Fsp3) is 0.333. The number of carbonyl (C=O) groups is 1. The van der Waals surface area contributed by atoms with Crippen LogP contribution in [0, 0.1) is 6.92 Å². The van der Waals surface area contributed by atoms with Crippen molar-refractivity contribution in [3.63, 3.8) is 0 Å². The molecule has 2 atom stereocenters. The summed E-state index contributed by atoms with van der Waals surface area (Å²) in [7, 11) is 0. The molecule has 4 rings (SSSR count). The lowest BCUT2D eigenvalue weighted by molar-refractivity contribution is -0.130. The minimum Gasteiger partial charge on any atom is -0.342 e. The second-order valence-electron chi connectivity index (χ2n) is 7.13. The molecular formula is C21H24N4O. The monoisotopic (exact) mass is 348 g/mol. The molecule has 1 aliphatic heterocycles. The van der Waals surface area contributed by atoms with Crippen molar-refractivity contribution in [3.8, 4) is 0 Å². The summed E-state index contributed by atoms with van der Waals surface area (Å²) in [6.07, 6.45) is 1.07. The van der Waals surface area contributed by atoms with Gasteiger partial charge in [-0.1, -0.05) is 42.5 Å². The molecule has 134 valence electrons. The van der Waals surface area contributed by atoms with Crippen molar-refractivity contribution in [2.24, 2.45) is 5.73 Å². The quantitative estimate of drug-likeness (QED) is 0.761. The topological polar surface area (TPSA) is 75.0 Å². The molecule has 0 bridgehead atoms. The molecule has 5 nitrogen and oxygen atoms in total. The molecule has 0 saturated carbocycles. The van der Waals surface area contributed by atoms with Gasteiger partial charge in [0.1, 0.15) is 5.82 Å². The molecule has 1 amide bonds. The Kier molecular flexibility index (Phi) is 4.47. The number of hydrogen-bond acceptors (Lipinski definition) is 3. The van der Waals surface area contributed by atoms with Gasteiger partial charge in [-0.25, -0.2) is 4.98 Å². The first kappa shape index (κ1) is 16.8. The van der Waals surface area contributed by atoms with Crippen molar-refractivity contribution in [2.45, 2.75) is 31.7 Å². The van der Waals surface area contributed by atoms with Gasteiger partial charge in [-0.05, 0) is 24.1 Å². The largest absolute Gasteiger partial charge is 0.342 e. The minimum absolute atomic E-state index is 0.00444. The Hall–Kier alpha value is -2.66. The van der Waals surface area contributed by atoms with Gasteiger partial charge in [-0.15, -0.1) is 0 Å². The minimum atomic E-state index is -0.00444. The zero-order chi connectivity index (χ0) is 18.1. The van der Waals surface area contributed by atoms with Crippen LogP contribution in [-0.2, 0) is 11.2 Å². The highest BCUT2D eigenvalue weighted by Gasteiger charge is 2.33. The zero-order valence-electron chi connectivity index (χ0n) is 15.0. The number of carbonyl (C=O) groups excluding carboxylic acids is 1. The van der Waals surface area contributed by atoms with Crippen molar-refractivity contribution in [1.29, 1.82) is 0 Å². The van der Waals surface area contributed by atoms with Crippen molar-refractivity contribution in [2.75, 3.05) is 13.1 Å². The molecule has 0 aliphatic carbocycles. The number of benzene rings is 2. The fourth-order valence-electron chi connectivity index (χ4n) is 3.81. The molecule has 1 fully saturated rings. The van der Waals surface area contributed by atoms with E-state index in [2.05, 4.69) is 22.1 Å². The summed E-state index contributed by atoms with van der Waals surface area (Å²) in [5.41, 5.74) is 10.7. The van der Waals surface area contributed by atoms with E-state index in [-0.39, 0.29) is 17.9 Å². The number of rotatable bonds is 4. The van der Waals surface area contributed by atoms with E-state index in [9.17, 15) is 4.79 Å². The lowest BCUT2D eigenvalue weighted by Gasteiger charge is -2.16. The number of para-hydroxylation sites is 1. The maximum Gasteiger partial charge on any atom is 0.223 e. The fourth-order valence-corrected chi connectivity index (χ4v) is 3.81. The molecule has 5 heteroatoms. The highest BCUT2D eigenvalue weighted by Crippen LogP contribution is 2.27. The first-order valence-electron chi connectivity index (χ1n) is 9.14. The SMILES string of the molecule is Cc1cccc2[nH]c(CCC(=O)N3C[C@@H](N)[C@H](c4ccccc4)C3)nc12.